The molecule has 0 aliphatic heterocycles. The Bertz CT molecular complexity index is 486. The molecule has 1 rings (SSSR count). The third kappa shape index (κ3) is 6.86. The van der Waals surface area contributed by atoms with Crippen LogP contribution in [0.25, 0.3) is 0 Å². The number of hydrogen-bond acceptors (Lipinski definition) is 5. The number of methoxy groups -OCH3 is 1. The van der Waals surface area contributed by atoms with Crippen LogP contribution < -0.4 is 10.1 Å². The van der Waals surface area contributed by atoms with E-state index in [1.165, 1.54) is 6.26 Å². The Balaban J connectivity index is 2.52. The van der Waals surface area contributed by atoms with Crippen LogP contribution in [0.5, 0.6) is 5.88 Å². The van der Waals surface area contributed by atoms with Gasteiger partial charge in [-0.3, -0.25) is 0 Å². The predicted octanol–water partition coefficient (Wildman–Crippen LogP) is 1.44. The van der Waals surface area contributed by atoms with Crippen molar-refractivity contribution < 1.29 is 13.2 Å². The minimum absolute atomic E-state index is 0.246. The smallest absolute Gasteiger partial charge is 0.212 e. The summed E-state index contributed by atoms with van der Waals surface area (Å²) >= 11 is 0. The SMILES string of the molecule is CCNC(CCCS(C)(=O)=O)Cc1ccc(OC)nc1. The summed E-state index contributed by atoms with van der Waals surface area (Å²) in [6.07, 6.45) is 5.45. The molecule has 20 heavy (non-hydrogen) atoms. The van der Waals surface area contributed by atoms with Crippen LogP contribution in [0.2, 0.25) is 0 Å². The molecule has 0 amide bonds. The summed E-state index contributed by atoms with van der Waals surface area (Å²) in [6, 6.07) is 4.11. The van der Waals surface area contributed by atoms with Crippen LogP contribution in [0, 0.1) is 0 Å². The molecule has 0 fully saturated rings. The lowest BCUT2D eigenvalue weighted by Gasteiger charge is -2.17. The number of sulfone groups is 1. The molecular weight excluding hydrogens is 276 g/mol. The fourth-order valence-electron chi connectivity index (χ4n) is 2.09. The van der Waals surface area contributed by atoms with Gasteiger partial charge in [0.1, 0.15) is 9.84 Å². The molecule has 0 saturated heterocycles. The van der Waals surface area contributed by atoms with Gasteiger partial charge in [-0.25, -0.2) is 13.4 Å². The number of aromatic nitrogens is 1. The molecule has 1 unspecified atom stereocenters. The molecule has 0 aromatic carbocycles. The van der Waals surface area contributed by atoms with Gasteiger partial charge in [-0.05, 0) is 31.4 Å². The Morgan fingerprint density at radius 2 is 2.15 bits per heavy atom. The van der Waals surface area contributed by atoms with E-state index < -0.39 is 9.84 Å². The fourth-order valence-corrected chi connectivity index (χ4v) is 2.78. The molecule has 0 radical (unpaired) electrons. The number of pyridine rings is 1. The second-order valence-corrected chi connectivity index (χ2v) is 7.20. The minimum atomic E-state index is -2.87. The number of nitrogens with one attached hydrogen (secondary N) is 1. The Kier molecular flexibility index (Phi) is 6.95. The Morgan fingerprint density at radius 1 is 1.40 bits per heavy atom. The normalized spacial score (nSPS) is 13.2. The highest BCUT2D eigenvalue weighted by atomic mass is 32.2. The van der Waals surface area contributed by atoms with Crippen molar-refractivity contribution in [3.05, 3.63) is 23.9 Å². The zero-order valence-corrected chi connectivity index (χ0v) is 13.2. The van der Waals surface area contributed by atoms with Crippen LogP contribution in [-0.2, 0) is 16.3 Å². The first-order valence-corrected chi connectivity index (χ1v) is 8.90. The Hall–Kier alpha value is -1.14. The number of rotatable bonds is 9. The average Bonchev–Trinajstić information content (AvgIpc) is 2.38. The molecule has 1 N–H and O–H groups in total. The van der Waals surface area contributed by atoms with Crippen LogP contribution in [0.15, 0.2) is 18.3 Å². The third-order valence-electron chi connectivity index (χ3n) is 3.05. The van der Waals surface area contributed by atoms with Crippen molar-refractivity contribution in [1.82, 2.24) is 10.3 Å². The lowest BCUT2D eigenvalue weighted by molar-refractivity contribution is 0.397. The molecule has 0 saturated carbocycles. The van der Waals surface area contributed by atoms with Gasteiger partial charge in [-0.15, -0.1) is 0 Å². The zero-order valence-electron chi connectivity index (χ0n) is 12.4. The van der Waals surface area contributed by atoms with Crippen molar-refractivity contribution >= 4 is 9.84 Å². The maximum Gasteiger partial charge on any atom is 0.212 e. The Morgan fingerprint density at radius 3 is 2.65 bits per heavy atom. The van der Waals surface area contributed by atoms with E-state index >= 15 is 0 Å². The molecular formula is C14H24N2O3S. The van der Waals surface area contributed by atoms with Gasteiger partial charge in [-0.2, -0.15) is 0 Å². The van der Waals surface area contributed by atoms with Crippen molar-refractivity contribution in [2.24, 2.45) is 0 Å². The number of hydrogen-bond donors (Lipinski definition) is 1. The number of likely N-dealkylation sites (N-methyl/N-ethyl adjacent to an activating group) is 1. The summed E-state index contributed by atoms with van der Waals surface area (Å²) in [5.74, 6) is 0.848. The van der Waals surface area contributed by atoms with Gasteiger partial charge < -0.3 is 10.1 Å². The molecule has 0 aliphatic rings. The van der Waals surface area contributed by atoms with E-state index in [0.717, 1.165) is 24.9 Å². The van der Waals surface area contributed by atoms with Gasteiger partial charge in [0.25, 0.3) is 0 Å². The summed E-state index contributed by atoms with van der Waals surface area (Å²) in [7, 11) is -1.28. The van der Waals surface area contributed by atoms with Crippen molar-refractivity contribution in [3.63, 3.8) is 0 Å². The maximum absolute atomic E-state index is 11.2. The molecule has 6 heteroatoms. The first kappa shape index (κ1) is 16.9. The molecule has 5 nitrogen and oxygen atoms in total. The van der Waals surface area contributed by atoms with Gasteiger partial charge in [0.05, 0.1) is 7.11 Å². The molecule has 1 heterocycles. The monoisotopic (exact) mass is 300 g/mol. The molecule has 1 aromatic rings. The molecule has 0 bridgehead atoms. The van der Waals surface area contributed by atoms with Crippen molar-refractivity contribution in [2.75, 3.05) is 25.7 Å². The third-order valence-corrected chi connectivity index (χ3v) is 4.08. The van der Waals surface area contributed by atoms with E-state index in [-0.39, 0.29) is 11.8 Å². The molecule has 0 aliphatic carbocycles. The van der Waals surface area contributed by atoms with E-state index in [2.05, 4.69) is 17.2 Å². The lowest BCUT2D eigenvalue weighted by Crippen LogP contribution is -2.31. The highest BCUT2D eigenvalue weighted by Crippen LogP contribution is 2.11. The highest BCUT2D eigenvalue weighted by molar-refractivity contribution is 7.90. The van der Waals surface area contributed by atoms with E-state index in [1.54, 1.807) is 13.3 Å². The minimum Gasteiger partial charge on any atom is -0.481 e. The van der Waals surface area contributed by atoms with Crippen LogP contribution in [-0.4, -0.2) is 45.1 Å². The van der Waals surface area contributed by atoms with E-state index in [4.69, 9.17) is 4.74 Å². The van der Waals surface area contributed by atoms with E-state index in [9.17, 15) is 8.42 Å². The summed E-state index contributed by atoms with van der Waals surface area (Å²) in [6.45, 7) is 2.92. The molecule has 114 valence electrons. The molecule has 0 spiro atoms. The molecule has 1 aromatic heterocycles. The second kappa shape index (κ2) is 8.21. The van der Waals surface area contributed by atoms with Gasteiger partial charge in [0.15, 0.2) is 0 Å². The zero-order chi connectivity index (χ0) is 15.0. The van der Waals surface area contributed by atoms with Gasteiger partial charge in [-0.1, -0.05) is 13.0 Å². The van der Waals surface area contributed by atoms with E-state index in [1.807, 2.05) is 12.1 Å². The van der Waals surface area contributed by atoms with Crippen molar-refractivity contribution in [3.8, 4) is 5.88 Å². The summed E-state index contributed by atoms with van der Waals surface area (Å²) in [4.78, 5) is 4.18. The van der Waals surface area contributed by atoms with Crippen LogP contribution in [0.1, 0.15) is 25.3 Å². The molecule has 1 atom stereocenters. The number of nitrogens with zero attached hydrogens (tertiary/aromatic N) is 1. The lowest BCUT2D eigenvalue weighted by atomic mass is 10.0. The maximum atomic E-state index is 11.2. The van der Waals surface area contributed by atoms with Gasteiger partial charge in [0.2, 0.25) is 5.88 Å². The quantitative estimate of drug-likeness (QED) is 0.747. The van der Waals surface area contributed by atoms with Crippen LogP contribution >= 0.6 is 0 Å². The largest absolute Gasteiger partial charge is 0.481 e. The van der Waals surface area contributed by atoms with E-state index in [0.29, 0.717) is 12.3 Å². The van der Waals surface area contributed by atoms with Crippen LogP contribution in [0.3, 0.4) is 0 Å². The summed E-state index contributed by atoms with van der Waals surface area (Å²) in [5, 5.41) is 3.39. The van der Waals surface area contributed by atoms with Crippen LogP contribution in [0.4, 0.5) is 0 Å². The second-order valence-electron chi connectivity index (χ2n) is 4.94. The number of ether oxygens (including phenoxy) is 1. The van der Waals surface area contributed by atoms with Crippen molar-refractivity contribution in [1.29, 1.82) is 0 Å². The Labute approximate surface area is 121 Å². The summed E-state index contributed by atoms with van der Waals surface area (Å²) < 4.78 is 27.3. The topological polar surface area (TPSA) is 68.3 Å². The summed E-state index contributed by atoms with van der Waals surface area (Å²) in [5.41, 5.74) is 1.12. The van der Waals surface area contributed by atoms with Gasteiger partial charge in [0, 0.05) is 30.3 Å². The van der Waals surface area contributed by atoms with Gasteiger partial charge >= 0.3 is 0 Å². The highest BCUT2D eigenvalue weighted by Gasteiger charge is 2.11. The standard InChI is InChI=1S/C14H24N2O3S/c1-4-15-13(6-5-9-20(3,17)18)10-12-7-8-14(19-2)16-11-12/h7-8,11,13,15H,4-6,9-10H2,1-3H3. The predicted molar refractivity (Wildman–Crippen MR) is 80.9 cm³/mol. The van der Waals surface area contributed by atoms with Crippen molar-refractivity contribution in [2.45, 2.75) is 32.2 Å². The average molecular weight is 300 g/mol. The first-order valence-electron chi connectivity index (χ1n) is 6.84. The first-order chi connectivity index (χ1) is 9.44. The fraction of sp³-hybridized carbons (Fsp3) is 0.643.